The minimum absolute atomic E-state index is 0.175. The molecule has 3 nitrogen and oxygen atoms in total. The summed E-state index contributed by atoms with van der Waals surface area (Å²) in [6.45, 7) is 0. The topological polar surface area (TPSA) is 49.3 Å². The molecule has 1 amide bonds. The van der Waals surface area contributed by atoms with E-state index in [0.717, 1.165) is 48.5 Å². The van der Waals surface area contributed by atoms with Crippen molar-refractivity contribution in [2.75, 3.05) is 11.1 Å². The predicted octanol–water partition coefficient (Wildman–Crippen LogP) is 5.65. The Morgan fingerprint density at radius 2 is 1.75 bits per heavy atom. The smallest absolute Gasteiger partial charge is 0.255 e. The van der Waals surface area contributed by atoms with E-state index in [1.807, 2.05) is 0 Å². The zero-order valence-electron chi connectivity index (χ0n) is 14.9. The number of benzene rings is 2. The largest absolute Gasteiger partial charge is 0.393 e. The Bertz CT molecular complexity index is 850. The molecule has 3 rings (SSSR count). The number of hydrogen-bond donors (Lipinski definition) is 2. The van der Waals surface area contributed by atoms with Crippen LogP contribution in [-0.2, 0) is 0 Å². The Morgan fingerprint density at radius 3 is 2.39 bits per heavy atom. The number of amides is 1. The number of aliphatic hydroxyl groups excluding tert-OH is 1. The highest BCUT2D eigenvalue weighted by atomic mass is 35.5. The summed E-state index contributed by atoms with van der Waals surface area (Å²) >= 11 is 7.76. The first-order chi connectivity index (χ1) is 13.3. The maximum Gasteiger partial charge on any atom is 0.255 e. The van der Waals surface area contributed by atoms with E-state index in [4.69, 9.17) is 11.6 Å². The molecule has 0 heterocycles. The summed E-state index contributed by atoms with van der Waals surface area (Å²) in [6, 6.07) is 6.17. The summed E-state index contributed by atoms with van der Waals surface area (Å²) in [4.78, 5) is 13.1. The molecule has 2 aromatic carbocycles. The molecule has 150 valence electrons. The van der Waals surface area contributed by atoms with Crippen molar-refractivity contribution in [1.29, 1.82) is 0 Å². The first-order valence-corrected chi connectivity index (χ1v) is 10.3. The lowest BCUT2D eigenvalue weighted by Crippen LogP contribution is -2.19. The Morgan fingerprint density at radius 1 is 1.11 bits per heavy atom. The van der Waals surface area contributed by atoms with Crippen LogP contribution in [0.5, 0.6) is 0 Å². The number of carbonyl (C=O) groups excluding carboxylic acids is 1. The maximum absolute atomic E-state index is 13.3. The minimum atomic E-state index is -1.58. The average molecular weight is 430 g/mol. The van der Waals surface area contributed by atoms with Gasteiger partial charge >= 0.3 is 0 Å². The van der Waals surface area contributed by atoms with Crippen molar-refractivity contribution in [2.24, 2.45) is 5.92 Å². The molecule has 0 unspecified atom stereocenters. The van der Waals surface area contributed by atoms with Crippen LogP contribution >= 0.6 is 23.4 Å². The van der Waals surface area contributed by atoms with Crippen molar-refractivity contribution in [3.63, 3.8) is 0 Å². The van der Waals surface area contributed by atoms with Gasteiger partial charge in [0.15, 0.2) is 17.5 Å². The number of rotatable bonds is 5. The van der Waals surface area contributed by atoms with Gasteiger partial charge in [0.1, 0.15) is 0 Å². The number of thioether (sulfide) groups is 1. The molecule has 0 spiro atoms. The average Bonchev–Trinajstić information content (AvgIpc) is 2.66. The van der Waals surface area contributed by atoms with Crippen molar-refractivity contribution in [1.82, 2.24) is 0 Å². The fraction of sp³-hybridized carbons (Fsp3) is 0.350. The highest BCUT2D eigenvalue weighted by molar-refractivity contribution is 7.99. The number of halogens is 4. The van der Waals surface area contributed by atoms with Crippen LogP contribution in [0.3, 0.4) is 0 Å². The molecule has 1 fully saturated rings. The third-order valence-corrected chi connectivity index (χ3v) is 6.45. The molecule has 2 aromatic rings. The van der Waals surface area contributed by atoms with Gasteiger partial charge in [-0.05, 0) is 49.8 Å². The van der Waals surface area contributed by atoms with Crippen LogP contribution in [-0.4, -0.2) is 22.9 Å². The van der Waals surface area contributed by atoms with Crippen LogP contribution in [0.2, 0.25) is 5.02 Å². The third-order valence-electron chi connectivity index (χ3n) is 4.73. The van der Waals surface area contributed by atoms with Crippen molar-refractivity contribution < 1.29 is 23.1 Å². The Balaban J connectivity index is 1.67. The first kappa shape index (κ1) is 21.0. The summed E-state index contributed by atoms with van der Waals surface area (Å²) in [6.07, 6.45) is 3.29. The Hall–Kier alpha value is -1.70. The Kier molecular flexibility index (Phi) is 6.91. The lowest BCUT2D eigenvalue weighted by molar-refractivity contribution is 0.102. The molecule has 0 saturated heterocycles. The fourth-order valence-electron chi connectivity index (χ4n) is 3.11. The first-order valence-electron chi connectivity index (χ1n) is 8.90. The van der Waals surface area contributed by atoms with Crippen molar-refractivity contribution in [3.8, 4) is 0 Å². The molecule has 2 N–H and O–H groups in total. The summed E-state index contributed by atoms with van der Waals surface area (Å²) < 4.78 is 39.7. The molecule has 28 heavy (non-hydrogen) atoms. The van der Waals surface area contributed by atoms with Crippen LogP contribution in [0, 0.1) is 23.4 Å². The molecule has 0 radical (unpaired) electrons. The van der Waals surface area contributed by atoms with Crippen LogP contribution in [0.4, 0.5) is 18.9 Å². The van der Waals surface area contributed by atoms with E-state index < -0.39 is 23.4 Å². The van der Waals surface area contributed by atoms with E-state index in [9.17, 15) is 23.1 Å². The van der Waals surface area contributed by atoms with Crippen LogP contribution < -0.4 is 5.32 Å². The van der Waals surface area contributed by atoms with Crippen LogP contribution in [0.15, 0.2) is 35.2 Å². The van der Waals surface area contributed by atoms with Gasteiger partial charge in [-0.3, -0.25) is 4.79 Å². The molecule has 1 aliphatic rings. The molecule has 1 saturated carbocycles. The number of hydrogen-bond acceptors (Lipinski definition) is 3. The molecule has 1 aliphatic carbocycles. The van der Waals surface area contributed by atoms with Crippen molar-refractivity contribution >= 4 is 35.0 Å². The second-order valence-electron chi connectivity index (χ2n) is 6.84. The summed E-state index contributed by atoms with van der Waals surface area (Å²) in [5.41, 5.74) is 0.0995. The van der Waals surface area contributed by atoms with Crippen LogP contribution in [0.1, 0.15) is 36.0 Å². The van der Waals surface area contributed by atoms with Gasteiger partial charge in [0, 0.05) is 34.0 Å². The highest BCUT2D eigenvalue weighted by Gasteiger charge is 2.20. The van der Waals surface area contributed by atoms with Gasteiger partial charge < -0.3 is 10.4 Å². The molecule has 0 aliphatic heterocycles. The van der Waals surface area contributed by atoms with Gasteiger partial charge in [-0.25, -0.2) is 13.2 Å². The predicted molar refractivity (Wildman–Crippen MR) is 104 cm³/mol. The lowest BCUT2D eigenvalue weighted by Gasteiger charge is -2.25. The fourth-order valence-corrected chi connectivity index (χ4v) is 4.55. The monoisotopic (exact) mass is 429 g/mol. The number of carbonyl (C=O) groups is 1. The quantitative estimate of drug-likeness (QED) is 0.476. The summed E-state index contributed by atoms with van der Waals surface area (Å²) in [7, 11) is 0. The van der Waals surface area contributed by atoms with Gasteiger partial charge in [0.25, 0.3) is 5.91 Å². The SMILES string of the molecule is O=C(Nc1cc(F)c(F)c(F)c1)c1ccc(Cl)c(SCC2CCC(O)CC2)c1. The van der Waals surface area contributed by atoms with Gasteiger partial charge in [-0.1, -0.05) is 11.6 Å². The van der Waals surface area contributed by atoms with E-state index in [0.29, 0.717) is 10.9 Å². The zero-order chi connectivity index (χ0) is 20.3. The molecule has 0 bridgehead atoms. The van der Waals surface area contributed by atoms with Gasteiger partial charge in [0.2, 0.25) is 0 Å². The van der Waals surface area contributed by atoms with E-state index in [2.05, 4.69) is 5.32 Å². The second kappa shape index (κ2) is 9.20. The lowest BCUT2D eigenvalue weighted by atomic mass is 9.89. The molecular formula is C20H19ClF3NO2S. The standard InChI is InChI=1S/C20H19ClF3NO2S/c21-15-6-3-12(7-18(15)28-10-11-1-4-14(26)5-2-11)20(27)25-13-8-16(22)19(24)17(23)9-13/h3,6-9,11,14,26H,1-2,4-5,10H2,(H,25,27). The molecular weight excluding hydrogens is 411 g/mol. The highest BCUT2D eigenvalue weighted by Crippen LogP contribution is 2.34. The maximum atomic E-state index is 13.3. The zero-order valence-corrected chi connectivity index (χ0v) is 16.4. The minimum Gasteiger partial charge on any atom is -0.393 e. The normalized spacial score (nSPS) is 19.5. The molecule has 0 atom stereocenters. The summed E-state index contributed by atoms with van der Waals surface area (Å²) in [5.74, 6) is -3.61. The van der Waals surface area contributed by atoms with Crippen molar-refractivity contribution in [2.45, 2.75) is 36.7 Å². The molecule has 0 aromatic heterocycles. The van der Waals surface area contributed by atoms with Crippen LogP contribution in [0.25, 0.3) is 0 Å². The molecule has 8 heteroatoms. The second-order valence-corrected chi connectivity index (χ2v) is 8.31. The van der Waals surface area contributed by atoms with E-state index >= 15 is 0 Å². The van der Waals surface area contributed by atoms with Gasteiger partial charge in [-0.2, -0.15) is 0 Å². The van der Waals surface area contributed by atoms with E-state index in [1.165, 1.54) is 17.8 Å². The van der Waals surface area contributed by atoms with Crippen molar-refractivity contribution in [3.05, 3.63) is 58.4 Å². The number of anilines is 1. The van der Waals surface area contributed by atoms with Gasteiger partial charge in [0.05, 0.1) is 11.1 Å². The van der Waals surface area contributed by atoms with E-state index in [1.54, 1.807) is 12.1 Å². The Labute approximate surface area is 170 Å². The summed E-state index contributed by atoms with van der Waals surface area (Å²) in [5, 5.41) is 12.5. The number of aliphatic hydroxyl groups is 1. The van der Waals surface area contributed by atoms with E-state index in [-0.39, 0.29) is 17.4 Å². The number of nitrogens with one attached hydrogen (secondary N) is 1. The van der Waals surface area contributed by atoms with Gasteiger partial charge in [-0.15, -0.1) is 11.8 Å². The third kappa shape index (κ3) is 5.21.